The minimum absolute atomic E-state index is 0.0399. The molecule has 0 heterocycles. The zero-order chi connectivity index (χ0) is 9.68. The first-order valence-corrected chi connectivity index (χ1v) is 4.29. The summed E-state index contributed by atoms with van der Waals surface area (Å²) in [4.78, 5) is 0. The molecule has 0 spiro atoms. The number of benzene rings is 1. The Balaban J connectivity index is 2.84. The molecule has 0 aliphatic rings. The van der Waals surface area contributed by atoms with Crippen molar-refractivity contribution < 1.29 is 9.50 Å². The highest BCUT2D eigenvalue weighted by atomic mass is 19.1. The van der Waals surface area contributed by atoms with Crippen molar-refractivity contribution in [2.75, 3.05) is 20.2 Å². The fourth-order valence-corrected chi connectivity index (χ4v) is 1.33. The molecule has 1 rings (SSSR count). The van der Waals surface area contributed by atoms with Gasteiger partial charge in [-0.05, 0) is 18.7 Å². The second kappa shape index (κ2) is 4.94. The Labute approximate surface area is 77.4 Å². The number of hydrogen-bond acceptors (Lipinski definition) is 2. The second-order valence-corrected chi connectivity index (χ2v) is 2.96. The van der Waals surface area contributed by atoms with Crippen LogP contribution in [0.5, 0.6) is 0 Å². The molecule has 0 radical (unpaired) electrons. The molecule has 0 saturated carbocycles. The van der Waals surface area contributed by atoms with Crippen LogP contribution in [0.3, 0.4) is 0 Å². The van der Waals surface area contributed by atoms with E-state index in [1.165, 1.54) is 6.07 Å². The number of nitrogens with one attached hydrogen (secondary N) is 1. The number of likely N-dealkylation sites (N-methyl/N-ethyl adjacent to an activating group) is 1. The van der Waals surface area contributed by atoms with Crippen LogP contribution in [0, 0.1) is 5.82 Å². The third-order valence-corrected chi connectivity index (χ3v) is 2.02. The van der Waals surface area contributed by atoms with E-state index in [0.29, 0.717) is 12.1 Å². The molecule has 72 valence electrons. The van der Waals surface area contributed by atoms with Crippen molar-refractivity contribution in [1.82, 2.24) is 5.32 Å². The maximum absolute atomic E-state index is 13.2. The van der Waals surface area contributed by atoms with Crippen LogP contribution in [0.15, 0.2) is 24.3 Å². The minimum atomic E-state index is -0.253. The maximum atomic E-state index is 13.2. The summed E-state index contributed by atoms with van der Waals surface area (Å²) in [5, 5.41) is 11.9. The Morgan fingerprint density at radius 1 is 1.46 bits per heavy atom. The average molecular weight is 183 g/mol. The van der Waals surface area contributed by atoms with Crippen molar-refractivity contribution in [2.24, 2.45) is 0 Å². The minimum Gasteiger partial charge on any atom is -0.396 e. The van der Waals surface area contributed by atoms with Gasteiger partial charge >= 0.3 is 0 Å². The predicted octanol–water partition coefficient (Wildman–Crippen LogP) is 1.12. The lowest BCUT2D eigenvalue weighted by molar-refractivity contribution is 0.260. The average Bonchev–Trinajstić information content (AvgIpc) is 2.16. The first-order valence-electron chi connectivity index (χ1n) is 4.29. The molecule has 13 heavy (non-hydrogen) atoms. The van der Waals surface area contributed by atoms with E-state index in [9.17, 15) is 4.39 Å². The number of hydrogen-bond donors (Lipinski definition) is 2. The van der Waals surface area contributed by atoms with Crippen LogP contribution < -0.4 is 5.32 Å². The Morgan fingerprint density at radius 3 is 2.69 bits per heavy atom. The zero-order valence-electron chi connectivity index (χ0n) is 7.63. The molecule has 2 nitrogen and oxygen atoms in total. The van der Waals surface area contributed by atoms with Gasteiger partial charge in [-0.15, -0.1) is 0 Å². The van der Waals surface area contributed by atoms with Gasteiger partial charge in [0.15, 0.2) is 0 Å². The molecule has 0 amide bonds. The van der Waals surface area contributed by atoms with Crippen molar-refractivity contribution in [3.63, 3.8) is 0 Å². The predicted molar refractivity (Wildman–Crippen MR) is 50.2 cm³/mol. The van der Waals surface area contributed by atoms with E-state index in [0.717, 1.165) is 0 Å². The highest BCUT2D eigenvalue weighted by Crippen LogP contribution is 2.17. The van der Waals surface area contributed by atoms with E-state index in [-0.39, 0.29) is 18.3 Å². The summed E-state index contributed by atoms with van der Waals surface area (Å²) < 4.78 is 13.2. The monoisotopic (exact) mass is 183 g/mol. The molecule has 0 aliphatic heterocycles. The van der Waals surface area contributed by atoms with Gasteiger partial charge in [0.25, 0.3) is 0 Å². The molecule has 2 N–H and O–H groups in total. The topological polar surface area (TPSA) is 32.3 Å². The Hall–Kier alpha value is -0.930. The van der Waals surface area contributed by atoms with Crippen molar-refractivity contribution >= 4 is 0 Å². The summed E-state index contributed by atoms with van der Waals surface area (Å²) in [7, 11) is 1.78. The van der Waals surface area contributed by atoms with Crippen molar-refractivity contribution in [2.45, 2.75) is 5.92 Å². The van der Waals surface area contributed by atoms with Gasteiger partial charge in [-0.1, -0.05) is 18.2 Å². The smallest absolute Gasteiger partial charge is 0.126 e. The summed E-state index contributed by atoms with van der Waals surface area (Å²) >= 11 is 0. The summed E-state index contributed by atoms with van der Waals surface area (Å²) in [5.74, 6) is -0.414. The zero-order valence-corrected chi connectivity index (χ0v) is 7.63. The lowest BCUT2D eigenvalue weighted by Crippen LogP contribution is -2.20. The molecule has 1 atom stereocenters. The SMILES string of the molecule is CNCC(CO)c1ccccc1F. The fourth-order valence-electron chi connectivity index (χ4n) is 1.33. The van der Waals surface area contributed by atoms with Crippen molar-refractivity contribution in [3.8, 4) is 0 Å². The molecule has 1 unspecified atom stereocenters. The largest absolute Gasteiger partial charge is 0.396 e. The Morgan fingerprint density at radius 2 is 2.15 bits per heavy atom. The van der Waals surface area contributed by atoms with Crippen LogP contribution in [-0.4, -0.2) is 25.3 Å². The molecule has 1 aromatic rings. The van der Waals surface area contributed by atoms with Crippen LogP contribution in [0.1, 0.15) is 11.5 Å². The Kier molecular flexibility index (Phi) is 3.86. The second-order valence-electron chi connectivity index (χ2n) is 2.96. The standard InChI is InChI=1S/C10H14FNO/c1-12-6-8(7-13)9-4-2-3-5-10(9)11/h2-5,8,12-13H,6-7H2,1H3. The summed E-state index contributed by atoms with van der Waals surface area (Å²) in [5.41, 5.74) is 0.569. The fraction of sp³-hybridized carbons (Fsp3) is 0.400. The first kappa shape index (κ1) is 10.2. The van der Waals surface area contributed by atoms with Crippen LogP contribution in [0.4, 0.5) is 4.39 Å². The highest BCUT2D eigenvalue weighted by molar-refractivity contribution is 5.22. The number of halogens is 1. The molecule has 0 bridgehead atoms. The van der Waals surface area contributed by atoms with Gasteiger partial charge in [-0.25, -0.2) is 4.39 Å². The number of aliphatic hydroxyl groups excluding tert-OH is 1. The lowest BCUT2D eigenvalue weighted by Gasteiger charge is -2.14. The van der Waals surface area contributed by atoms with Crippen LogP contribution in [0.2, 0.25) is 0 Å². The van der Waals surface area contributed by atoms with Gasteiger partial charge in [-0.2, -0.15) is 0 Å². The third-order valence-electron chi connectivity index (χ3n) is 2.02. The van der Waals surface area contributed by atoms with Gasteiger partial charge in [0.05, 0.1) is 6.61 Å². The molecular weight excluding hydrogens is 169 g/mol. The van der Waals surface area contributed by atoms with Crippen molar-refractivity contribution in [1.29, 1.82) is 0 Å². The summed E-state index contributed by atoms with van der Waals surface area (Å²) in [6, 6.07) is 6.53. The van der Waals surface area contributed by atoms with Gasteiger partial charge in [0, 0.05) is 12.5 Å². The number of rotatable bonds is 4. The van der Waals surface area contributed by atoms with E-state index in [2.05, 4.69) is 5.32 Å². The first-order chi connectivity index (χ1) is 6.29. The highest BCUT2D eigenvalue weighted by Gasteiger charge is 2.12. The van der Waals surface area contributed by atoms with E-state index < -0.39 is 0 Å². The molecular formula is C10H14FNO. The van der Waals surface area contributed by atoms with E-state index in [1.54, 1.807) is 25.2 Å². The van der Waals surface area contributed by atoms with Gasteiger partial charge in [-0.3, -0.25) is 0 Å². The lowest BCUT2D eigenvalue weighted by atomic mass is 9.99. The molecule has 0 aliphatic carbocycles. The normalized spacial score (nSPS) is 12.8. The van der Waals surface area contributed by atoms with Crippen LogP contribution in [-0.2, 0) is 0 Å². The van der Waals surface area contributed by atoms with Crippen molar-refractivity contribution in [3.05, 3.63) is 35.6 Å². The quantitative estimate of drug-likeness (QED) is 0.733. The van der Waals surface area contributed by atoms with E-state index >= 15 is 0 Å². The van der Waals surface area contributed by atoms with Gasteiger partial charge < -0.3 is 10.4 Å². The molecule has 0 fully saturated rings. The van der Waals surface area contributed by atoms with Crippen LogP contribution in [0.25, 0.3) is 0 Å². The Bertz CT molecular complexity index is 265. The van der Waals surface area contributed by atoms with E-state index in [4.69, 9.17) is 5.11 Å². The van der Waals surface area contributed by atoms with E-state index in [1.807, 2.05) is 0 Å². The molecule has 3 heteroatoms. The summed E-state index contributed by atoms with van der Waals surface area (Å²) in [6.07, 6.45) is 0. The molecule has 1 aromatic carbocycles. The summed E-state index contributed by atoms with van der Waals surface area (Å²) in [6.45, 7) is 0.541. The molecule has 0 saturated heterocycles. The van der Waals surface area contributed by atoms with Gasteiger partial charge in [0.2, 0.25) is 0 Å². The van der Waals surface area contributed by atoms with Crippen LogP contribution >= 0.6 is 0 Å². The third kappa shape index (κ3) is 2.50. The molecule has 0 aromatic heterocycles. The maximum Gasteiger partial charge on any atom is 0.126 e. The van der Waals surface area contributed by atoms with Gasteiger partial charge in [0.1, 0.15) is 5.82 Å². The number of aliphatic hydroxyl groups is 1.